The number of nitrogens with two attached hydrogens (primary N) is 1. The molecule has 2 N–H and O–H groups in total. The maximum atomic E-state index is 10.3. The van der Waals surface area contributed by atoms with Crippen molar-refractivity contribution >= 4 is 6.29 Å². The van der Waals surface area contributed by atoms with Crippen LogP contribution in [0.2, 0.25) is 0 Å². The lowest BCUT2D eigenvalue weighted by Gasteiger charge is -2.08. The molecule has 0 aromatic heterocycles. The fourth-order valence-corrected chi connectivity index (χ4v) is 1.06. The molecule has 1 atom stereocenters. The average molecular weight is 209 g/mol. The van der Waals surface area contributed by atoms with Crippen LogP contribution >= 0.6 is 0 Å². The smallest absolute Gasteiger partial charge is 0.150 e. The van der Waals surface area contributed by atoms with Gasteiger partial charge in [0, 0.05) is 25.8 Å². The number of ether oxygens (including phenoxy) is 1. The molecule has 0 saturated heterocycles. The van der Waals surface area contributed by atoms with E-state index in [1.165, 1.54) is 0 Å². The normalized spacial score (nSPS) is 11.2. The summed E-state index contributed by atoms with van der Waals surface area (Å²) in [6.45, 7) is 2.04. The summed E-state index contributed by atoms with van der Waals surface area (Å²) in [6, 6.07) is 7.47. The van der Waals surface area contributed by atoms with Gasteiger partial charge in [0.25, 0.3) is 0 Å². The summed E-state index contributed by atoms with van der Waals surface area (Å²) in [4.78, 5) is 10.3. The zero-order chi connectivity index (χ0) is 11.7. The van der Waals surface area contributed by atoms with E-state index in [1.54, 1.807) is 26.4 Å². The molecule has 0 amide bonds. The molecule has 3 heteroatoms. The van der Waals surface area contributed by atoms with Crippen LogP contribution in [0, 0.1) is 0 Å². The van der Waals surface area contributed by atoms with Crippen LogP contribution in [0.4, 0.5) is 0 Å². The van der Waals surface area contributed by atoms with Gasteiger partial charge in [0.05, 0.1) is 0 Å². The third kappa shape index (κ3) is 5.30. The molecule has 3 nitrogen and oxygen atoms in total. The minimum atomic E-state index is 0.0886. The monoisotopic (exact) mass is 209 g/mol. The quantitative estimate of drug-likeness (QED) is 0.776. The van der Waals surface area contributed by atoms with E-state index in [1.807, 2.05) is 19.1 Å². The molecule has 0 aliphatic carbocycles. The van der Waals surface area contributed by atoms with Gasteiger partial charge in [0.1, 0.15) is 6.29 Å². The Hall–Kier alpha value is -1.19. The van der Waals surface area contributed by atoms with Crippen LogP contribution in [-0.4, -0.2) is 20.5 Å². The summed E-state index contributed by atoms with van der Waals surface area (Å²) in [5, 5.41) is 0. The molecular weight excluding hydrogens is 190 g/mol. The Kier molecular flexibility index (Phi) is 7.50. The Bertz CT molecular complexity index is 269. The first kappa shape index (κ1) is 13.8. The molecule has 1 aromatic carbocycles. The Morgan fingerprint density at radius 2 is 1.80 bits per heavy atom. The average Bonchev–Trinajstić information content (AvgIpc) is 2.29. The molecule has 0 aliphatic rings. The second-order valence-corrected chi connectivity index (χ2v) is 3.21. The lowest BCUT2D eigenvalue weighted by Crippen LogP contribution is -2.08. The molecular formula is C12H19NO2. The van der Waals surface area contributed by atoms with Gasteiger partial charge in [-0.2, -0.15) is 0 Å². The SMILES string of the molecule is CCC(N)c1ccc(C=O)cc1.COC. The highest BCUT2D eigenvalue weighted by Crippen LogP contribution is 2.13. The molecule has 0 aliphatic heterocycles. The molecule has 0 heterocycles. The lowest BCUT2D eigenvalue weighted by molar-refractivity contribution is 0.112. The van der Waals surface area contributed by atoms with E-state index in [0.29, 0.717) is 5.56 Å². The first-order valence-electron chi connectivity index (χ1n) is 4.90. The summed E-state index contributed by atoms with van der Waals surface area (Å²) < 4.78 is 4.25. The molecule has 1 aromatic rings. The fraction of sp³-hybridized carbons (Fsp3) is 0.417. The van der Waals surface area contributed by atoms with Crippen LogP contribution < -0.4 is 5.73 Å². The predicted octanol–water partition coefficient (Wildman–Crippen LogP) is 2.17. The van der Waals surface area contributed by atoms with Gasteiger partial charge < -0.3 is 10.5 Å². The zero-order valence-electron chi connectivity index (χ0n) is 9.57. The van der Waals surface area contributed by atoms with Gasteiger partial charge in [-0.15, -0.1) is 0 Å². The van der Waals surface area contributed by atoms with Crippen molar-refractivity contribution in [3.8, 4) is 0 Å². The van der Waals surface area contributed by atoms with Crippen LogP contribution in [0.1, 0.15) is 35.3 Å². The van der Waals surface area contributed by atoms with Gasteiger partial charge in [-0.1, -0.05) is 31.2 Å². The van der Waals surface area contributed by atoms with Crippen LogP contribution in [-0.2, 0) is 4.74 Å². The van der Waals surface area contributed by atoms with E-state index in [2.05, 4.69) is 4.74 Å². The van der Waals surface area contributed by atoms with E-state index in [-0.39, 0.29) is 6.04 Å². The van der Waals surface area contributed by atoms with Crippen molar-refractivity contribution in [2.24, 2.45) is 5.73 Å². The third-order valence-corrected chi connectivity index (χ3v) is 1.94. The Balaban J connectivity index is 0.000000583. The summed E-state index contributed by atoms with van der Waals surface area (Å²) >= 11 is 0. The second kappa shape index (κ2) is 8.15. The van der Waals surface area contributed by atoms with Crippen LogP contribution in [0.25, 0.3) is 0 Å². The van der Waals surface area contributed by atoms with Crippen molar-refractivity contribution in [2.75, 3.05) is 14.2 Å². The van der Waals surface area contributed by atoms with E-state index < -0.39 is 0 Å². The summed E-state index contributed by atoms with van der Waals surface area (Å²) in [5.74, 6) is 0. The topological polar surface area (TPSA) is 52.3 Å². The molecule has 0 fully saturated rings. The first-order valence-corrected chi connectivity index (χ1v) is 4.90. The van der Waals surface area contributed by atoms with Crippen LogP contribution in [0.3, 0.4) is 0 Å². The minimum absolute atomic E-state index is 0.0886. The molecule has 0 spiro atoms. The van der Waals surface area contributed by atoms with Crippen molar-refractivity contribution in [3.05, 3.63) is 35.4 Å². The number of rotatable bonds is 3. The van der Waals surface area contributed by atoms with Gasteiger partial charge in [0.2, 0.25) is 0 Å². The highest BCUT2D eigenvalue weighted by atomic mass is 16.4. The number of carbonyl (C=O) groups is 1. The van der Waals surface area contributed by atoms with E-state index in [4.69, 9.17) is 5.73 Å². The van der Waals surface area contributed by atoms with Gasteiger partial charge in [0.15, 0.2) is 0 Å². The zero-order valence-corrected chi connectivity index (χ0v) is 9.57. The Morgan fingerprint density at radius 1 is 1.33 bits per heavy atom. The molecule has 0 radical (unpaired) electrons. The first-order chi connectivity index (χ1) is 7.19. The maximum Gasteiger partial charge on any atom is 0.150 e. The molecule has 15 heavy (non-hydrogen) atoms. The van der Waals surface area contributed by atoms with E-state index in [0.717, 1.165) is 18.3 Å². The minimum Gasteiger partial charge on any atom is -0.388 e. The molecule has 0 saturated carbocycles. The summed E-state index contributed by atoms with van der Waals surface area (Å²) in [7, 11) is 3.25. The molecule has 0 bridgehead atoms. The molecule has 1 unspecified atom stereocenters. The van der Waals surface area contributed by atoms with Crippen molar-refractivity contribution in [1.82, 2.24) is 0 Å². The number of hydrogen-bond acceptors (Lipinski definition) is 3. The van der Waals surface area contributed by atoms with Gasteiger partial charge in [-0.25, -0.2) is 0 Å². The molecule has 84 valence electrons. The van der Waals surface area contributed by atoms with Crippen molar-refractivity contribution in [2.45, 2.75) is 19.4 Å². The van der Waals surface area contributed by atoms with E-state index >= 15 is 0 Å². The van der Waals surface area contributed by atoms with Crippen LogP contribution in [0.5, 0.6) is 0 Å². The Morgan fingerprint density at radius 3 is 2.13 bits per heavy atom. The largest absolute Gasteiger partial charge is 0.388 e. The molecule has 1 rings (SSSR count). The van der Waals surface area contributed by atoms with Crippen molar-refractivity contribution < 1.29 is 9.53 Å². The standard InChI is InChI=1S/C10H13NO.C2H6O/c1-2-10(11)9-5-3-8(7-12)4-6-9;1-3-2/h3-7,10H,2,11H2,1H3;1-2H3. The Labute approximate surface area is 91.2 Å². The number of benzene rings is 1. The number of hydrogen-bond donors (Lipinski definition) is 1. The van der Waals surface area contributed by atoms with E-state index in [9.17, 15) is 4.79 Å². The van der Waals surface area contributed by atoms with Crippen molar-refractivity contribution in [3.63, 3.8) is 0 Å². The lowest BCUT2D eigenvalue weighted by atomic mass is 10.0. The second-order valence-electron chi connectivity index (χ2n) is 3.21. The number of aldehydes is 1. The fourth-order valence-electron chi connectivity index (χ4n) is 1.06. The van der Waals surface area contributed by atoms with Crippen LogP contribution in [0.15, 0.2) is 24.3 Å². The number of methoxy groups -OCH3 is 1. The maximum absolute atomic E-state index is 10.3. The van der Waals surface area contributed by atoms with Gasteiger partial charge in [-0.3, -0.25) is 4.79 Å². The highest BCUT2D eigenvalue weighted by molar-refractivity contribution is 5.74. The summed E-state index contributed by atoms with van der Waals surface area (Å²) in [6.07, 6.45) is 1.75. The van der Waals surface area contributed by atoms with Gasteiger partial charge >= 0.3 is 0 Å². The summed E-state index contributed by atoms with van der Waals surface area (Å²) in [5.41, 5.74) is 7.58. The number of carbonyl (C=O) groups excluding carboxylic acids is 1. The van der Waals surface area contributed by atoms with Gasteiger partial charge in [-0.05, 0) is 12.0 Å². The highest BCUT2D eigenvalue weighted by Gasteiger charge is 2.01. The van der Waals surface area contributed by atoms with Crippen molar-refractivity contribution in [1.29, 1.82) is 0 Å². The third-order valence-electron chi connectivity index (χ3n) is 1.94. The predicted molar refractivity (Wildman–Crippen MR) is 62.0 cm³/mol.